The third-order valence-corrected chi connectivity index (χ3v) is 1.57. The fraction of sp³-hybridized carbons (Fsp3) is 0.100. The number of esters is 1. The first-order valence-corrected chi connectivity index (χ1v) is 4.04. The summed E-state index contributed by atoms with van der Waals surface area (Å²) in [5.74, 6) is -0.423. The van der Waals surface area contributed by atoms with Gasteiger partial charge in [-0.1, -0.05) is 6.58 Å². The normalized spacial score (nSPS) is 9.40. The number of nitro groups is 1. The minimum atomic E-state index is -0.576. The van der Waals surface area contributed by atoms with E-state index >= 15 is 0 Å². The van der Waals surface area contributed by atoms with Crippen molar-refractivity contribution < 1.29 is 14.5 Å². The maximum atomic E-state index is 10.7. The highest BCUT2D eigenvalue weighted by molar-refractivity contribution is 5.69. The quantitative estimate of drug-likeness (QED) is 0.327. The second-order valence-electron chi connectivity index (χ2n) is 2.74. The van der Waals surface area contributed by atoms with Crippen molar-refractivity contribution in [1.82, 2.24) is 0 Å². The summed E-state index contributed by atoms with van der Waals surface area (Å²) in [7, 11) is 0. The summed E-state index contributed by atoms with van der Waals surface area (Å²) in [5, 5.41) is 10.5. The van der Waals surface area contributed by atoms with E-state index in [1.807, 2.05) is 0 Å². The highest BCUT2D eigenvalue weighted by Crippen LogP contribution is 2.22. The van der Waals surface area contributed by atoms with Gasteiger partial charge in [0.05, 0.1) is 11.0 Å². The van der Waals surface area contributed by atoms with E-state index in [4.69, 9.17) is 4.74 Å². The van der Waals surface area contributed by atoms with Gasteiger partial charge in [-0.3, -0.25) is 14.9 Å². The van der Waals surface area contributed by atoms with E-state index in [9.17, 15) is 14.9 Å². The largest absolute Gasteiger partial charge is 0.426 e. The van der Waals surface area contributed by atoms with Crippen molar-refractivity contribution in [2.75, 3.05) is 0 Å². The molecule has 1 aromatic rings. The molecule has 5 nitrogen and oxygen atoms in total. The van der Waals surface area contributed by atoms with Crippen LogP contribution in [0.25, 0.3) is 0 Å². The van der Waals surface area contributed by atoms with Gasteiger partial charge >= 0.3 is 5.97 Å². The molecule has 0 amide bonds. The van der Waals surface area contributed by atoms with E-state index in [2.05, 4.69) is 12.7 Å². The van der Waals surface area contributed by atoms with Crippen molar-refractivity contribution in [1.29, 1.82) is 0 Å². The van der Waals surface area contributed by atoms with Crippen molar-refractivity contribution >= 4 is 11.7 Å². The number of rotatable bonds is 3. The number of nitro benzene ring substituents is 1. The second kappa shape index (κ2) is 4.36. The smallest absolute Gasteiger partial charge is 0.308 e. The molecule has 77 valence electrons. The molecule has 0 bridgehead atoms. The Hall–Kier alpha value is -2.17. The number of carbonyl (C=O) groups is 1. The third-order valence-electron chi connectivity index (χ3n) is 1.57. The zero-order valence-corrected chi connectivity index (χ0v) is 8.02. The molecule has 0 saturated heterocycles. The van der Waals surface area contributed by atoms with E-state index in [1.165, 1.54) is 25.1 Å². The van der Waals surface area contributed by atoms with Gasteiger partial charge in [0.1, 0.15) is 5.75 Å². The Bertz CT molecular complexity index is 425. The monoisotopic (exact) mass is 206 g/mol. The Balaban J connectivity index is 3.16. The molecule has 0 aliphatic heterocycles. The van der Waals surface area contributed by atoms with E-state index in [0.29, 0.717) is 5.56 Å². The average molecular weight is 206 g/mol. The Kier molecular flexibility index (Phi) is 3.17. The van der Waals surface area contributed by atoms with Crippen LogP contribution < -0.4 is 4.74 Å². The molecule has 0 atom stereocenters. The summed E-state index contributed by atoms with van der Waals surface area (Å²) in [6.07, 6.45) is 2.49. The molecule has 1 radical (unpaired) electrons. The first kappa shape index (κ1) is 10.9. The SMILES string of the molecule is C=[C]c1cc(OC(C)=O)cc([N+](=O)[O-])c1. The lowest BCUT2D eigenvalue weighted by atomic mass is 10.2. The summed E-state index contributed by atoms with van der Waals surface area (Å²) >= 11 is 0. The van der Waals surface area contributed by atoms with Crippen molar-refractivity contribution in [3.05, 3.63) is 46.5 Å². The van der Waals surface area contributed by atoms with Gasteiger partial charge in [0.2, 0.25) is 0 Å². The summed E-state index contributed by atoms with van der Waals surface area (Å²) in [6.45, 7) is 4.58. The molecule has 0 aliphatic rings. The van der Waals surface area contributed by atoms with E-state index in [0.717, 1.165) is 0 Å². The van der Waals surface area contributed by atoms with Crippen LogP contribution >= 0.6 is 0 Å². The first-order valence-electron chi connectivity index (χ1n) is 4.04. The van der Waals surface area contributed by atoms with Gasteiger partial charge in [-0.2, -0.15) is 0 Å². The minimum absolute atomic E-state index is 0.114. The number of carbonyl (C=O) groups excluding carboxylic acids is 1. The zero-order chi connectivity index (χ0) is 11.4. The summed E-state index contributed by atoms with van der Waals surface area (Å²) in [6, 6.07) is 3.91. The minimum Gasteiger partial charge on any atom is -0.426 e. The second-order valence-corrected chi connectivity index (χ2v) is 2.74. The Morgan fingerprint density at radius 1 is 1.53 bits per heavy atom. The van der Waals surface area contributed by atoms with Crippen LogP contribution in [0.15, 0.2) is 24.8 Å². The molecule has 1 aromatic carbocycles. The Labute approximate surface area is 86.1 Å². The molecule has 0 aromatic heterocycles. The first-order chi connectivity index (χ1) is 7.02. The molecule has 0 heterocycles. The van der Waals surface area contributed by atoms with Crippen molar-refractivity contribution in [2.24, 2.45) is 0 Å². The average Bonchev–Trinajstić information content (AvgIpc) is 2.16. The molecule has 0 unspecified atom stereocenters. The summed E-state index contributed by atoms with van der Waals surface area (Å²) in [5.41, 5.74) is 0.236. The van der Waals surface area contributed by atoms with E-state index < -0.39 is 10.9 Å². The van der Waals surface area contributed by atoms with Gasteiger partial charge in [0, 0.05) is 13.0 Å². The van der Waals surface area contributed by atoms with Gasteiger partial charge in [0.25, 0.3) is 5.69 Å². The summed E-state index contributed by atoms with van der Waals surface area (Å²) in [4.78, 5) is 20.6. The van der Waals surface area contributed by atoms with Crippen LogP contribution in [-0.2, 0) is 4.79 Å². The lowest BCUT2D eigenvalue weighted by Gasteiger charge is -2.02. The number of non-ortho nitro benzene ring substituents is 1. The van der Waals surface area contributed by atoms with Gasteiger partial charge in [-0.05, 0) is 17.7 Å². The van der Waals surface area contributed by atoms with Gasteiger partial charge in [-0.25, -0.2) is 0 Å². The number of benzene rings is 1. The lowest BCUT2D eigenvalue weighted by Crippen LogP contribution is -2.02. The van der Waals surface area contributed by atoms with Crippen LogP contribution in [0.2, 0.25) is 0 Å². The molecular weight excluding hydrogens is 198 g/mol. The van der Waals surface area contributed by atoms with Crippen LogP contribution in [0.1, 0.15) is 12.5 Å². The van der Waals surface area contributed by atoms with Crippen molar-refractivity contribution in [2.45, 2.75) is 6.92 Å². The fourth-order valence-electron chi connectivity index (χ4n) is 1.02. The van der Waals surface area contributed by atoms with Crippen molar-refractivity contribution in [3.63, 3.8) is 0 Å². The van der Waals surface area contributed by atoms with Gasteiger partial charge in [0.15, 0.2) is 0 Å². The van der Waals surface area contributed by atoms with Crippen molar-refractivity contribution in [3.8, 4) is 5.75 Å². The molecule has 0 aliphatic carbocycles. The van der Waals surface area contributed by atoms with Crippen LogP contribution in [0.4, 0.5) is 5.69 Å². The standard InChI is InChI=1S/C10H8NO4/c1-3-8-4-9(11(13)14)6-10(5-8)15-7(2)12/h4-6H,1H2,2H3. The lowest BCUT2D eigenvalue weighted by molar-refractivity contribution is -0.384. The van der Waals surface area contributed by atoms with Crippen LogP contribution in [0.5, 0.6) is 5.75 Å². The molecular formula is C10H8NO4. The topological polar surface area (TPSA) is 69.4 Å². The fourth-order valence-corrected chi connectivity index (χ4v) is 1.02. The number of nitrogens with zero attached hydrogens (tertiary/aromatic N) is 1. The molecule has 1 rings (SSSR count). The molecule has 0 N–H and O–H groups in total. The van der Waals surface area contributed by atoms with Crippen LogP contribution in [0, 0.1) is 16.2 Å². The number of ether oxygens (including phenoxy) is 1. The van der Waals surface area contributed by atoms with Crippen LogP contribution in [-0.4, -0.2) is 10.9 Å². The number of hydrogen-bond acceptors (Lipinski definition) is 4. The van der Waals surface area contributed by atoms with Gasteiger partial charge < -0.3 is 4.74 Å². The Morgan fingerprint density at radius 3 is 2.67 bits per heavy atom. The third kappa shape index (κ3) is 2.91. The number of hydrogen-bond donors (Lipinski definition) is 0. The summed E-state index contributed by atoms with van der Waals surface area (Å²) < 4.78 is 4.74. The molecule has 5 heteroatoms. The highest BCUT2D eigenvalue weighted by atomic mass is 16.6. The molecule has 15 heavy (non-hydrogen) atoms. The zero-order valence-electron chi connectivity index (χ0n) is 8.02. The van der Waals surface area contributed by atoms with E-state index in [1.54, 1.807) is 0 Å². The predicted octanol–water partition coefficient (Wildman–Crippen LogP) is 1.86. The van der Waals surface area contributed by atoms with Gasteiger partial charge in [-0.15, -0.1) is 0 Å². The van der Waals surface area contributed by atoms with E-state index in [-0.39, 0.29) is 11.4 Å². The molecule has 0 spiro atoms. The Morgan fingerprint density at radius 2 is 2.20 bits per heavy atom. The maximum Gasteiger partial charge on any atom is 0.308 e. The molecule has 0 saturated carbocycles. The van der Waals surface area contributed by atoms with Crippen LogP contribution in [0.3, 0.4) is 0 Å². The molecule has 0 fully saturated rings. The maximum absolute atomic E-state index is 10.7. The highest BCUT2D eigenvalue weighted by Gasteiger charge is 2.10. The predicted molar refractivity (Wildman–Crippen MR) is 52.4 cm³/mol.